The topological polar surface area (TPSA) is 34.9 Å². The highest BCUT2D eigenvalue weighted by Gasteiger charge is 2.18. The van der Waals surface area contributed by atoms with Gasteiger partial charge in [-0.25, -0.2) is 9.07 Å². The van der Waals surface area contributed by atoms with E-state index in [2.05, 4.69) is 5.10 Å². The van der Waals surface area contributed by atoms with Crippen molar-refractivity contribution in [1.29, 1.82) is 0 Å². The zero-order chi connectivity index (χ0) is 17.1. The quantitative estimate of drug-likeness (QED) is 0.350. The largest absolute Gasteiger partial charge is 0.293 e. The summed E-state index contributed by atoms with van der Waals surface area (Å²) in [5, 5.41) is 4.18. The predicted octanol–water partition coefficient (Wildman–Crippen LogP) is 5.17. The molecule has 0 spiro atoms. The first-order valence-corrected chi connectivity index (χ1v) is 9.27. The fourth-order valence-corrected chi connectivity index (χ4v) is 4.68. The number of carbonyl (C=O) groups is 1. The number of benzene rings is 2. The lowest BCUT2D eigenvalue weighted by molar-refractivity contribution is 0.0994. The molecule has 3 nitrogen and oxygen atoms in total. The van der Waals surface area contributed by atoms with Gasteiger partial charge in [0.05, 0.1) is 10.9 Å². The van der Waals surface area contributed by atoms with Crippen LogP contribution in [0, 0.1) is 9.77 Å². The second-order valence-electron chi connectivity index (χ2n) is 5.01. The maximum Gasteiger partial charge on any atom is 0.184 e. The molecule has 0 radical (unpaired) electrons. The van der Waals surface area contributed by atoms with Gasteiger partial charge in [0.2, 0.25) is 0 Å². The zero-order valence-electron chi connectivity index (χ0n) is 12.7. The van der Waals surface area contributed by atoms with Crippen molar-refractivity contribution in [1.82, 2.24) is 9.78 Å². The van der Waals surface area contributed by atoms with Crippen LogP contribution in [0.1, 0.15) is 17.3 Å². The predicted molar refractivity (Wildman–Crippen MR) is 98.3 cm³/mol. The molecule has 1 atom stereocenters. The smallest absolute Gasteiger partial charge is 0.184 e. The molecule has 0 fully saturated rings. The Morgan fingerprint density at radius 3 is 2.54 bits per heavy atom. The Morgan fingerprint density at radius 2 is 1.88 bits per heavy atom. The SMILES string of the molecule is C[C@@H](Sc1nn(-c2ccc(F)cc2)c(=S)s1)C(=O)c1ccccc1. The Bertz CT molecular complexity index is 904. The van der Waals surface area contributed by atoms with E-state index in [-0.39, 0.29) is 16.9 Å². The van der Waals surface area contributed by atoms with Gasteiger partial charge >= 0.3 is 0 Å². The van der Waals surface area contributed by atoms with Crippen LogP contribution in [0.15, 0.2) is 58.9 Å². The van der Waals surface area contributed by atoms with Gasteiger partial charge < -0.3 is 0 Å². The van der Waals surface area contributed by atoms with Crippen molar-refractivity contribution >= 4 is 41.1 Å². The Kier molecular flexibility index (Phi) is 5.23. The van der Waals surface area contributed by atoms with Crippen molar-refractivity contribution < 1.29 is 9.18 Å². The summed E-state index contributed by atoms with van der Waals surface area (Å²) in [5.74, 6) is -0.257. The second-order valence-corrected chi connectivity index (χ2v) is 8.22. The number of ketones is 1. The Labute approximate surface area is 152 Å². The number of hydrogen-bond donors (Lipinski definition) is 0. The summed E-state index contributed by atoms with van der Waals surface area (Å²) in [5.41, 5.74) is 1.38. The Balaban J connectivity index is 1.79. The lowest BCUT2D eigenvalue weighted by atomic mass is 10.1. The number of nitrogens with zero attached hydrogens (tertiary/aromatic N) is 2. The third-order valence-corrected chi connectivity index (χ3v) is 5.72. The van der Waals surface area contributed by atoms with Crippen LogP contribution < -0.4 is 0 Å². The molecule has 0 N–H and O–H groups in total. The van der Waals surface area contributed by atoms with Crippen LogP contribution in [0.4, 0.5) is 4.39 Å². The van der Waals surface area contributed by atoms with Crippen molar-refractivity contribution in [3.05, 3.63) is 69.9 Å². The molecule has 2 aromatic carbocycles. The second kappa shape index (κ2) is 7.38. The van der Waals surface area contributed by atoms with E-state index in [1.807, 2.05) is 25.1 Å². The molecular formula is C17H13FN2OS3. The first kappa shape index (κ1) is 17.0. The van der Waals surface area contributed by atoms with E-state index in [1.54, 1.807) is 28.9 Å². The number of rotatable bonds is 5. The number of Topliss-reactive ketones (excluding diaryl/α,β-unsaturated/α-hetero) is 1. The third kappa shape index (κ3) is 3.80. The molecule has 122 valence electrons. The van der Waals surface area contributed by atoms with Crippen molar-refractivity contribution in [2.75, 3.05) is 0 Å². The number of thioether (sulfide) groups is 1. The number of carbonyl (C=O) groups excluding carboxylic acids is 1. The Hall–Kier alpha value is -1.83. The molecule has 3 aromatic rings. The fourth-order valence-electron chi connectivity index (χ4n) is 2.10. The van der Waals surface area contributed by atoms with Gasteiger partial charge in [-0.15, -0.1) is 5.10 Å². The maximum atomic E-state index is 13.0. The van der Waals surface area contributed by atoms with E-state index in [9.17, 15) is 9.18 Å². The normalized spacial score (nSPS) is 12.1. The highest BCUT2D eigenvalue weighted by molar-refractivity contribution is 8.02. The summed E-state index contributed by atoms with van der Waals surface area (Å²) in [6.07, 6.45) is 0. The molecule has 0 unspecified atom stereocenters. The van der Waals surface area contributed by atoms with Gasteiger partial charge in [-0.2, -0.15) is 0 Å². The summed E-state index contributed by atoms with van der Waals surface area (Å²) >= 11 is 8.04. The van der Waals surface area contributed by atoms with E-state index in [0.29, 0.717) is 19.5 Å². The molecular weight excluding hydrogens is 363 g/mol. The highest BCUT2D eigenvalue weighted by atomic mass is 32.2. The molecule has 24 heavy (non-hydrogen) atoms. The highest BCUT2D eigenvalue weighted by Crippen LogP contribution is 2.29. The fraction of sp³-hybridized carbons (Fsp3) is 0.118. The lowest BCUT2D eigenvalue weighted by Crippen LogP contribution is -2.13. The average Bonchev–Trinajstić information content (AvgIpc) is 2.96. The number of aromatic nitrogens is 2. The molecule has 0 saturated heterocycles. The molecule has 0 aliphatic heterocycles. The van der Waals surface area contributed by atoms with Crippen LogP contribution in [-0.4, -0.2) is 20.8 Å². The van der Waals surface area contributed by atoms with Crippen molar-refractivity contribution in [2.24, 2.45) is 0 Å². The van der Waals surface area contributed by atoms with Crippen LogP contribution >= 0.6 is 35.3 Å². The summed E-state index contributed by atoms with van der Waals surface area (Å²) in [4.78, 5) is 12.4. The minimum absolute atomic E-state index is 0.0510. The average molecular weight is 377 g/mol. The summed E-state index contributed by atoms with van der Waals surface area (Å²) in [6.45, 7) is 1.85. The minimum Gasteiger partial charge on any atom is -0.293 e. The van der Waals surface area contributed by atoms with Crippen LogP contribution in [0.2, 0.25) is 0 Å². The molecule has 0 aliphatic rings. The van der Waals surface area contributed by atoms with Gasteiger partial charge in [-0.05, 0) is 43.4 Å². The van der Waals surface area contributed by atoms with Gasteiger partial charge in [0.1, 0.15) is 5.82 Å². The molecule has 0 amide bonds. The van der Waals surface area contributed by atoms with E-state index in [1.165, 1.54) is 35.2 Å². The van der Waals surface area contributed by atoms with Gasteiger partial charge in [-0.3, -0.25) is 4.79 Å². The number of halogens is 1. The molecule has 3 rings (SSSR count). The molecule has 1 aromatic heterocycles. The summed E-state index contributed by atoms with van der Waals surface area (Å²) in [7, 11) is 0. The van der Waals surface area contributed by atoms with Gasteiger partial charge in [-0.1, -0.05) is 53.4 Å². The standard InChI is InChI=1S/C17H13FN2OS3/c1-11(15(21)12-5-3-2-4-6-12)23-16-19-20(17(22)24-16)14-9-7-13(18)8-10-14/h2-11H,1H3/t11-/m1/s1. The van der Waals surface area contributed by atoms with E-state index in [4.69, 9.17) is 12.2 Å². The molecule has 1 heterocycles. The van der Waals surface area contributed by atoms with Crippen LogP contribution in [0.25, 0.3) is 5.69 Å². The van der Waals surface area contributed by atoms with Crippen LogP contribution in [-0.2, 0) is 0 Å². The van der Waals surface area contributed by atoms with E-state index < -0.39 is 0 Å². The third-order valence-electron chi connectivity index (χ3n) is 3.31. The van der Waals surface area contributed by atoms with E-state index >= 15 is 0 Å². The maximum absolute atomic E-state index is 13.0. The molecule has 0 bridgehead atoms. The lowest BCUT2D eigenvalue weighted by Gasteiger charge is -2.07. The van der Waals surface area contributed by atoms with Crippen LogP contribution in [0.5, 0.6) is 0 Å². The molecule has 7 heteroatoms. The van der Waals surface area contributed by atoms with Crippen LogP contribution in [0.3, 0.4) is 0 Å². The molecule has 0 aliphatic carbocycles. The number of hydrogen-bond acceptors (Lipinski definition) is 5. The van der Waals surface area contributed by atoms with E-state index in [0.717, 1.165) is 0 Å². The minimum atomic E-state index is -0.308. The first-order chi connectivity index (χ1) is 11.5. The monoisotopic (exact) mass is 376 g/mol. The van der Waals surface area contributed by atoms with Gasteiger partial charge in [0, 0.05) is 5.56 Å². The van der Waals surface area contributed by atoms with Gasteiger partial charge in [0.25, 0.3) is 0 Å². The van der Waals surface area contributed by atoms with Crippen molar-refractivity contribution in [3.63, 3.8) is 0 Å². The van der Waals surface area contributed by atoms with Crippen molar-refractivity contribution in [3.8, 4) is 5.69 Å². The van der Waals surface area contributed by atoms with Gasteiger partial charge in [0.15, 0.2) is 14.1 Å². The zero-order valence-corrected chi connectivity index (χ0v) is 15.1. The van der Waals surface area contributed by atoms with Crippen molar-refractivity contribution in [2.45, 2.75) is 16.5 Å². The first-order valence-electron chi connectivity index (χ1n) is 7.16. The summed E-state index contributed by atoms with van der Waals surface area (Å²) in [6, 6.07) is 15.2. The molecule has 0 saturated carbocycles. The Morgan fingerprint density at radius 1 is 1.21 bits per heavy atom. The summed E-state index contributed by atoms with van der Waals surface area (Å²) < 4.78 is 15.9.